The van der Waals surface area contributed by atoms with E-state index < -0.39 is 5.97 Å². The molecule has 0 aliphatic heterocycles. The number of ether oxygens (including phenoxy) is 3. The summed E-state index contributed by atoms with van der Waals surface area (Å²) < 4.78 is 15.6. The Labute approximate surface area is 117 Å². The number of carbonyl (C=O) groups is 1. The van der Waals surface area contributed by atoms with Crippen LogP contribution < -0.4 is 9.47 Å². The molecule has 1 aromatic carbocycles. The molecular weight excluding hydrogens is 258 g/mol. The molecule has 0 spiro atoms. The molecule has 104 valence electrons. The highest BCUT2D eigenvalue weighted by Crippen LogP contribution is 2.29. The number of hydrogen-bond acceptors (Lipinski definition) is 5. The van der Waals surface area contributed by atoms with Gasteiger partial charge in [0.25, 0.3) is 0 Å². The highest BCUT2D eigenvalue weighted by molar-refractivity contribution is 5.90. The SMILES string of the molecule is COC(=O)c1ccc(OC)c(OCc2cccnc2)c1. The van der Waals surface area contributed by atoms with Crippen LogP contribution in [0.15, 0.2) is 42.7 Å². The molecule has 0 radical (unpaired) electrons. The van der Waals surface area contributed by atoms with Crippen LogP contribution in [-0.4, -0.2) is 25.2 Å². The number of rotatable bonds is 5. The summed E-state index contributed by atoms with van der Waals surface area (Å²) in [7, 11) is 2.88. The molecular formula is C15H15NO4. The third-order valence-electron chi connectivity index (χ3n) is 2.70. The van der Waals surface area contributed by atoms with Crippen LogP contribution >= 0.6 is 0 Å². The lowest BCUT2D eigenvalue weighted by molar-refractivity contribution is 0.0600. The van der Waals surface area contributed by atoms with Crippen molar-refractivity contribution in [3.63, 3.8) is 0 Å². The lowest BCUT2D eigenvalue weighted by atomic mass is 10.2. The molecule has 0 atom stereocenters. The van der Waals surface area contributed by atoms with Crippen molar-refractivity contribution in [2.45, 2.75) is 6.61 Å². The van der Waals surface area contributed by atoms with Gasteiger partial charge in [0.2, 0.25) is 0 Å². The van der Waals surface area contributed by atoms with Crippen molar-refractivity contribution >= 4 is 5.97 Å². The third-order valence-corrected chi connectivity index (χ3v) is 2.70. The van der Waals surface area contributed by atoms with Gasteiger partial charge in [-0.15, -0.1) is 0 Å². The van der Waals surface area contributed by atoms with Crippen LogP contribution in [0.2, 0.25) is 0 Å². The Morgan fingerprint density at radius 3 is 2.70 bits per heavy atom. The predicted octanol–water partition coefficient (Wildman–Crippen LogP) is 2.46. The number of aromatic nitrogens is 1. The van der Waals surface area contributed by atoms with Gasteiger partial charge in [0.05, 0.1) is 19.8 Å². The molecule has 1 aromatic heterocycles. The summed E-state index contributed by atoms with van der Waals surface area (Å²) in [4.78, 5) is 15.5. The summed E-state index contributed by atoms with van der Waals surface area (Å²) in [5.74, 6) is 0.625. The zero-order chi connectivity index (χ0) is 14.4. The summed E-state index contributed by atoms with van der Waals surface area (Å²) >= 11 is 0. The minimum Gasteiger partial charge on any atom is -0.493 e. The van der Waals surface area contributed by atoms with Crippen molar-refractivity contribution in [1.29, 1.82) is 0 Å². The fourth-order valence-corrected chi connectivity index (χ4v) is 1.68. The number of hydrogen-bond donors (Lipinski definition) is 0. The maximum atomic E-state index is 11.5. The van der Waals surface area contributed by atoms with Crippen LogP contribution in [0.1, 0.15) is 15.9 Å². The van der Waals surface area contributed by atoms with Crippen molar-refractivity contribution in [3.05, 3.63) is 53.9 Å². The van der Waals surface area contributed by atoms with Gasteiger partial charge >= 0.3 is 5.97 Å². The van der Waals surface area contributed by atoms with E-state index in [2.05, 4.69) is 9.72 Å². The van der Waals surface area contributed by atoms with E-state index in [0.29, 0.717) is 23.7 Å². The van der Waals surface area contributed by atoms with E-state index in [1.54, 1.807) is 37.7 Å². The average Bonchev–Trinajstić information content (AvgIpc) is 2.52. The van der Waals surface area contributed by atoms with E-state index >= 15 is 0 Å². The van der Waals surface area contributed by atoms with Crippen molar-refractivity contribution in [1.82, 2.24) is 4.98 Å². The Balaban J connectivity index is 2.18. The summed E-state index contributed by atoms with van der Waals surface area (Å²) in [6.07, 6.45) is 3.42. The molecule has 5 nitrogen and oxygen atoms in total. The monoisotopic (exact) mass is 273 g/mol. The molecule has 2 rings (SSSR count). The first-order valence-corrected chi connectivity index (χ1v) is 6.02. The largest absolute Gasteiger partial charge is 0.493 e. The second-order valence-electron chi connectivity index (χ2n) is 4.01. The first kappa shape index (κ1) is 13.9. The second kappa shape index (κ2) is 6.56. The Bertz CT molecular complexity index is 584. The Morgan fingerprint density at radius 2 is 2.05 bits per heavy atom. The maximum Gasteiger partial charge on any atom is 0.337 e. The zero-order valence-corrected chi connectivity index (χ0v) is 11.3. The molecule has 0 fully saturated rings. The van der Waals surface area contributed by atoms with Crippen molar-refractivity contribution in [2.75, 3.05) is 14.2 Å². The number of methoxy groups -OCH3 is 2. The Hall–Kier alpha value is -2.56. The van der Waals surface area contributed by atoms with Crippen LogP contribution in [-0.2, 0) is 11.3 Å². The summed E-state index contributed by atoms with van der Waals surface area (Å²) in [5, 5.41) is 0. The second-order valence-corrected chi connectivity index (χ2v) is 4.01. The fraction of sp³-hybridized carbons (Fsp3) is 0.200. The van der Waals surface area contributed by atoms with E-state index in [1.165, 1.54) is 7.11 Å². The van der Waals surface area contributed by atoms with Crippen molar-refractivity contribution in [2.24, 2.45) is 0 Å². The quantitative estimate of drug-likeness (QED) is 0.783. The summed E-state index contributed by atoms with van der Waals surface area (Å²) in [6.45, 7) is 0.342. The minimum atomic E-state index is -0.418. The molecule has 0 saturated carbocycles. The molecule has 1 heterocycles. The normalized spacial score (nSPS) is 9.90. The Morgan fingerprint density at radius 1 is 1.20 bits per heavy atom. The molecule has 20 heavy (non-hydrogen) atoms. The molecule has 0 saturated heterocycles. The van der Waals surface area contributed by atoms with Gasteiger partial charge in [0.1, 0.15) is 6.61 Å². The third kappa shape index (κ3) is 3.26. The highest BCUT2D eigenvalue weighted by atomic mass is 16.5. The summed E-state index contributed by atoms with van der Waals surface area (Å²) in [6, 6.07) is 8.64. The van der Waals surface area contributed by atoms with Crippen molar-refractivity contribution in [3.8, 4) is 11.5 Å². The number of pyridine rings is 1. The minimum absolute atomic E-state index is 0.342. The topological polar surface area (TPSA) is 57.7 Å². The van der Waals surface area contributed by atoms with Gasteiger partial charge in [-0.05, 0) is 24.3 Å². The van der Waals surface area contributed by atoms with Gasteiger partial charge in [0.15, 0.2) is 11.5 Å². The first-order valence-electron chi connectivity index (χ1n) is 6.02. The summed E-state index contributed by atoms with van der Waals surface area (Å²) in [5.41, 5.74) is 1.34. The predicted molar refractivity (Wildman–Crippen MR) is 72.9 cm³/mol. The van der Waals surface area contributed by atoms with Crippen molar-refractivity contribution < 1.29 is 19.0 Å². The fourth-order valence-electron chi connectivity index (χ4n) is 1.68. The number of esters is 1. The smallest absolute Gasteiger partial charge is 0.337 e. The van der Waals surface area contributed by atoms with Crippen LogP contribution in [0, 0.1) is 0 Å². The number of nitrogens with zero attached hydrogens (tertiary/aromatic N) is 1. The molecule has 0 N–H and O–H groups in total. The molecule has 0 aliphatic rings. The molecule has 0 bridgehead atoms. The molecule has 0 unspecified atom stereocenters. The van der Waals surface area contributed by atoms with Gasteiger partial charge < -0.3 is 14.2 Å². The lowest BCUT2D eigenvalue weighted by Crippen LogP contribution is -2.03. The van der Waals surface area contributed by atoms with E-state index in [1.807, 2.05) is 12.1 Å². The van der Waals surface area contributed by atoms with E-state index in [9.17, 15) is 4.79 Å². The first-order chi connectivity index (χ1) is 9.74. The van der Waals surface area contributed by atoms with E-state index in [4.69, 9.17) is 9.47 Å². The van der Waals surface area contributed by atoms with Gasteiger partial charge in [-0.25, -0.2) is 4.79 Å². The zero-order valence-electron chi connectivity index (χ0n) is 11.3. The Kier molecular flexibility index (Phi) is 4.55. The van der Waals surface area contributed by atoms with Gasteiger partial charge in [0, 0.05) is 18.0 Å². The van der Waals surface area contributed by atoms with Crippen LogP contribution in [0.4, 0.5) is 0 Å². The number of benzene rings is 1. The number of carbonyl (C=O) groups excluding carboxylic acids is 1. The lowest BCUT2D eigenvalue weighted by Gasteiger charge is -2.11. The average molecular weight is 273 g/mol. The molecule has 0 aliphatic carbocycles. The van der Waals surface area contributed by atoms with E-state index in [0.717, 1.165) is 5.56 Å². The standard InChI is InChI=1S/C15H15NO4/c1-18-13-6-5-12(15(17)19-2)8-14(13)20-10-11-4-3-7-16-9-11/h3-9H,10H2,1-2H3. The molecule has 0 amide bonds. The van der Waals surface area contributed by atoms with Crippen LogP contribution in [0.5, 0.6) is 11.5 Å². The molecule has 2 aromatic rings. The molecule has 5 heteroatoms. The maximum absolute atomic E-state index is 11.5. The van der Waals surface area contributed by atoms with Gasteiger partial charge in [-0.2, -0.15) is 0 Å². The van der Waals surface area contributed by atoms with Crippen LogP contribution in [0.3, 0.4) is 0 Å². The highest BCUT2D eigenvalue weighted by Gasteiger charge is 2.11. The van der Waals surface area contributed by atoms with Crippen LogP contribution in [0.25, 0.3) is 0 Å². The van der Waals surface area contributed by atoms with E-state index in [-0.39, 0.29) is 0 Å². The van der Waals surface area contributed by atoms with Gasteiger partial charge in [-0.3, -0.25) is 4.98 Å². The van der Waals surface area contributed by atoms with Gasteiger partial charge in [-0.1, -0.05) is 6.07 Å².